The first kappa shape index (κ1) is 9.97. The summed E-state index contributed by atoms with van der Waals surface area (Å²) < 4.78 is 4.78. The van der Waals surface area contributed by atoms with Crippen molar-refractivity contribution in [1.82, 2.24) is 9.97 Å². The molecule has 0 bridgehead atoms. The predicted molar refractivity (Wildman–Crippen MR) is 49.7 cm³/mol. The van der Waals surface area contributed by atoms with E-state index in [4.69, 9.17) is 15.6 Å². The summed E-state index contributed by atoms with van der Waals surface area (Å²) >= 11 is 0. The molecule has 1 aromatic heterocycles. The summed E-state index contributed by atoms with van der Waals surface area (Å²) in [6, 6.07) is 0. The fraction of sp³-hybridized carbons (Fsp3) is 0.125. The second-order valence-electron chi connectivity index (χ2n) is 2.35. The van der Waals surface area contributed by atoms with Gasteiger partial charge in [0.25, 0.3) is 0 Å². The average molecular weight is 195 g/mol. The normalized spacial score (nSPS) is 10.4. The molecule has 0 fully saturated rings. The molecule has 0 spiro atoms. The number of anilines is 1. The maximum Gasteiger partial charge on any atom is 0.328 e. The van der Waals surface area contributed by atoms with Crippen LogP contribution in [0.5, 0.6) is 5.88 Å². The monoisotopic (exact) mass is 195 g/mol. The third-order valence-corrected chi connectivity index (χ3v) is 1.40. The molecule has 0 saturated heterocycles. The molecule has 1 aromatic rings. The minimum absolute atomic E-state index is 0.127. The molecule has 0 amide bonds. The van der Waals surface area contributed by atoms with E-state index in [9.17, 15) is 4.79 Å². The zero-order valence-corrected chi connectivity index (χ0v) is 7.47. The number of aliphatic carboxylic acids is 1. The van der Waals surface area contributed by atoms with Gasteiger partial charge in [-0.1, -0.05) is 0 Å². The lowest BCUT2D eigenvalue weighted by Gasteiger charge is -2.01. The number of carboxylic acids is 1. The summed E-state index contributed by atoms with van der Waals surface area (Å²) in [4.78, 5) is 17.9. The second kappa shape index (κ2) is 4.22. The third-order valence-electron chi connectivity index (χ3n) is 1.40. The molecule has 0 atom stereocenters. The lowest BCUT2D eigenvalue weighted by atomic mass is 10.3. The van der Waals surface area contributed by atoms with Gasteiger partial charge in [-0.3, -0.25) is 0 Å². The third kappa shape index (κ3) is 2.44. The quantitative estimate of drug-likeness (QED) is 0.667. The molecule has 3 N–H and O–H groups in total. The van der Waals surface area contributed by atoms with E-state index in [1.807, 2.05) is 0 Å². The number of hydrogen-bond acceptors (Lipinski definition) is 5. The number of aromatic nitrogens is 2. The zero-order valence-electron chi connectivity index (χ0n) is 7.47. The van der Waals surface area contributed by atoms with Crippen molar-refractivity contribution in [3.63, 3.8) is 0 Å². The molecule has 0 unspecified atom stereocenters. The summed E-state index contributed by atoms with van der Waals surface area (Å²) in [6.45, 7) is 0. The largest absolute Gasteiger partial charge is 0.480 e. The highest BCUT2D eigenvalue weighted by Gasteiger charge is 2.01. The van der Waals surface area contributed by atoms with Crippen LogP contribution in [-0.2, 0) is 4.79 Å². The van der Waals surface area contributed by atoms with Crippen molar-refractivity contribution in [3.05, 3.63) is 18.0 Å². The van der Waals surface area contributed by atoms with Crippen molar-refractivity contribution in [2.24, 2.45) is 0 Å². The van der Waals surface area contributed by atoms with Crippen molar-refractivity contribution in [3.8, 4) is 5.88 Å². The first-order valence-corrected chi connectivity index (χ1v) is 3.71. The van der Waals surface area contributed by atoms with Gasteiger partial charge in [-0.25, -0.2) is 9.78 Å². The Labute approximate surface area is 80.1 Å². The molecule has 6 heteroatoms. The number of nitrogens with two attached hydrogens (primary N) is 1. The summed E-state index contributed by atoms with van der Waals surface area (Å²) in [5.74, 6) is -0.654. The number of ether oxygens (including phenoxy) is 1. The molecular weight excluding hydrogens is 186 g/mol. The van der Waals surface area contributed by atoms with Crippen LogP contribution in [0, 0.1) is 0 Å². The Bertz CT molecular complexity index is 376. The van der Waals surface area contributed by atoms with E-state index in [2.05, 4.69) is 9.97 Å². The number of carboxylic acid groups (broad SMARTS) is 1. The molecule has 74 valence electrons. The van der Waals surface area contributed by atoms with Crippen molar-refractivity contribution >= 4 is 17.9 Å². The van der Waals surface area contributed by atoms with Crippen molar-refractivity contribution in [2.75, 3.05) is 12.8 Å². The van der Waals surface area contributed by atoms with Gasteiger partial charge in [0.2, 0.25) is 5.88 Å². The van der Waals surface area contributed by atoms with Crippen LogP contribution in [0.3, 0.4) is 0 Å². The number of rotatable bonds is 3. The molecule has 6 nitrogen and oxygen atoms in total. The number of carbonyl (C=O) groups is 1. The number of nitrogens with zero attached hydrogens (tertiary/aromatic N) is 2. The molecule has 0 radical (unpaired) electrons. The van der Waals surface area contributed by atoms with Crippen LogP contribution in [0.15, 0.2) is 12.3 Å². The maximum atomic E-state index is 10.2. The minimum atomic E-state index is -1.07. The number of nitrogen functional groups attached to an aromatic ring is 1. The van der Waals surface area contributed by atoms with Crippen molar-refractivity contribution in [1.29, 1.82) is 0 Å². The van der Waals surface area contributed by atoms with Crippen molar-refractivity contribution in [2.45, 2.75) is 0 Å². The van der Waals surface area contributed by atoms with E-state index in [0.717, 1.165) is 6.08 Å². The number of hydrogen-bond donors (Lipinski definition) is 2. The van der Waals surface area contributed by atoms with E-state index in [1.54, 1.807) is 0 Å². The van der Waals surface area contributed by atoms with E-state index in [-0.39, 0.29) is 11.7 Å². The van der Waals surface area contributed by atoms with Crippen molar-refractivity contribution < 1.29 is 14.6 Å². The molecule has 0 aromatic carbocycles. The topological polar surface area (TPSA) is 98.3 Å². The van der Waals surface area contributed by atoms with Crippen LogP contribution >= 0.6 is 0 Å². The van der Waals surface area contributed by atoms with Gasteiger partial charge in [0, 0.05) is 6.08 Å². The summed E-state index contributed by atoms with van der Waals surface area (Å²) in [5, 5.41) is 8.37. The van der Waals surface area contributed by atoms with Gasteiger partial charge in [0.15, 0.2) is 5.82 Å². The highest BCUT2D eigenvalue weighted by Crippen LogP contribution is 2.12. The number of methoxy groups -OCH3 is 1. The fourth-order valence-corrected chi connectivity index (χ4v) is 0.773. The van der Waals surface area contributed by atoms with Gasteiger partial charge in [-0.2, -0.15) is 4.98 Å². The molecule has 1 rings (SSSR count). The SMILES string of the molecule is COc1cnc(/C=C/C(=O)O)c(N)n1. The van der Waals surface area contributed by atoms with Crippen LogP contribution in [0.1, 0.15) is 5.69 Å². The summed E-state index contributed by atoms with van der Waals surface area (Å²) in [7, 11) is 1.44. The van der Waals surface area contributed by atoms with Crippen LogP contribution in [-0.4, -0.2) is 28.2 Å². The van der Waals surface area contributed by atoms with Gasteiger partial charge in [0.1, 0.15) is 5.69 Å². The highest BCUT2D eigenvalue weighted by molar-refractivity contribution is 5.85. The van der Waals surface area contributed by atoms with Crippen LogP contribution in [0.25, 0.3) is 6.08 Å². The Balaban J connectivity index is 2.94. The molecule has 0 aliphatic rings. The van der Waals surface area contributed by atoms with E-state index < -0.39 is 5.97 Å². The highest BCUT2D eigenvalue weighted by atomic mass is 16.5. The van der Waals surface area contributed by atoms with Gasteiger partial charge in [-0.05, 0) is 6.08 Å². The van der Waals surface area contributed by atoms with Gasteiger partial charge >= 0.3 is 5.97 Å². The predicted octanol–water partition coefficient (Wildman–Crippen LogP) is 0.165. The van der Waals surface area contributed by atoms with Crippen LogP contribution in [0.4, 0.5) is 5.82 Å². The first-order valence-electron chi connectivity index (χ1n) is 3.71. The van der Waals surface area contributed by atoms with Gasteiger partial charge < -0.3 is 15.6 Å². The Kier molecular flexibility index (Phi) is 3.01. The van der Waals surface area contributed by atoms with E-state index in [1.165, 1.54) is 19.4 Å². The second-order valence-corrected chi connectivity index (χ2v) is 2.35. The average Bonchev–Trinajstić information content (AvgIpc) is 2.15. The minimum Gasteiger partial charge on any atom is -0.480 e. The molecule has 0 aliphatic heterocycles. The van der Waals surface area contributed by atoms with E-state index in [0.29, 0.717) is 5.69 Å². The lowest BCUT2D eigenvalue weighted by molar-refractivity contribution is -0.131. The zero-order chi connectivity index (χ0) is 10.6. The Hall–Kier alpha value is -2.11. The van der Waals surface area contributed by atoms with Crippen LogP contribution in [0.2, 0.25) is 0 Å². The fourth-order valence-electron chi connectivity index (χ4n) is 0.773. The molecule has 1 heterocycles. The molecule has 0 saturated carbocycles. The van der Waals surface area contributed by atoms with Gasteiger partial charge in [-0.15, -0.1) is 0 Å². The molecule has 14 heavy (non-hydrogen) atoms. The van der Waals surface area contributed by atoms with E-state index >= 15 is 0 Å². The Morgan fingerprint density at radius 3 is 2.93 bits per heavy atom. The summed E-state index contributed by atoms with van der Waals surface area (Å²) in [5.41, 5.74) is 5.78. The Morgan fingerprint density at radius 1 is 1.71 bits per heavy atom. The Morgan fingerprint density at radius 2 is 2.43 bits per heavy atom. The molecular formula is C8H9N3O3. The first-order chi connectivity index (χ1) is 6.63. The standard InChI is InChI=1S/C8H9N3O3/c1-14-6-4-10-5(8(9)11-6)2-3-7(12)13/h2-4H,1H3,(H2,9,11)(H,12,13)/b3-2+. The van der Waals surface area contributed by atoms with Gasteiger partial charge in [0.05, 0.1) is 13.3 Å². The summed E-state index contributed by atoms with van der Waals surface area (Å²) in [6.07, 6.45) is 3.56. The maximum absolute atomic E-state index is 10.2. The smallest absolute Gasteiger partial charge is 0.328 e. The lowest BCUT2D eigenvalue weighted by Crippen LogP contribution is -1.99. The van der Waals surface area contributed by atoms with Crippen LogP contribution < -0.4 is 10.5 Å². The molecule has 0 aliphatic carbocycles.